The summed E-state index contributed by atoms with van der Waals surface area (Å²) >= 11 is 0. The lowest BCUT2D eigenvalue weighted by Crippen LogP contribution is -2.50. The lowest BCUT2D eigenvalue weighted by atomic mass is 10.1. The van der Waals surface area contributed by atoms with Crippen LogP contribution < -0.4 is 11.1 Å². The highest BCUT2D eigenvalue weighted by Gasteiger charge is 2.23. The first-order chi connectivity index (χ1) is 6.42. The van der Waals surface area contributed by atoms with E-state index in [1.165, 1.54) is 0 Å². The third-order valence-electron chi connectivity index (χ3n) is 2.24. The Bertz CT molecular complexity index is 328. The van der Waals surface area contributed by atoms with Crippen molar-refractivity contribution in [1.82, 2.24) is 9.88 Å². The molecule has 1 aromatic rings. The van der Waals surface area contributed by atoms with Gasteiger partial charge in [-0.15, -0.1) is 0 Å². The average molecular weight is 195 g/mol. The first-order valence-corrected chi connectivity index (χ1v) is 4.57. The maximum absolute atomic E-state index is 11.0. The second-order valence-corrected chi connectivity index (χ2v) is 4.03. The monoisotopic (exact) mass is 195 g/mol. The molecule has 1 aromatic heterocycles. The van der Waals surface area contributed by atoms with E-state index in [0.717, 1.165) is 5.56 Å². The second kappa shape index (κ2) is 3.84. The molecule has 0 aromatic carbocycles. The van der Waals surface area contributed by atoms with Gasteiger partial charge in [0.05, 0.1) is 5.54 Å². The third kappa shape index (κ3) is 2.60. The predicted molar refractivity (Wildman–Crippen MR) is 55.5 cm³/mol. The topological polar surface area (TPSA) is 60.1 Å². The molecule has 3 N–H and O–H groups in total. The zero-order valence-corrected chi connectivity index (χ0v) is 8.87. The minimum absolute atomic E-state index is 0.339. The van der Waals surface area contributed by atoms with Gasteiger partial charge >= 0.3 is 0 Å². The van der Waals surface area contributed by atoms with E-state index >= 15 is 0 Å². The van der Waals surface area contributed by atoms with E-state index in [1.807, 2.05) is 30.1 Å². The lowest BCUT2D eigenvalue weighted by molar-refractivity contribution is -0.123. The fourth-order valence-corrected chi connectivity index (χ4v) is 1.08. The number of nitrogens with zero attached hydrogens (tertiary/aromatic N) is 1. The van der Waals surface area contributed by atoms with Gasteiger partial charge in [0.25, 0.3) is 0 Å². The largest absolute Gasteiger partial charge is 0.368 e. The quantitative estimate of drug-likeness (QED) is 0.729. The first-order valence-electron chi connectivity index (χ1n) is 4.57. The Hall–Kier alpha value is -1.29. The molecule has 0 saturated heterocycles. The van der Waals surface area contributed by atoms with E-state index in [-0.39, 0.29) is 5.91 Å². The van der Waals surface area contributed by atoms with Crippen molar-refractivity contribution >= 4 is 5.91 Å². The first kappa shape index (κ1) is 10.8. The van der Waals surface area contributed by atoms with Crippen molar-refractivity contribution < 1.29 is 4.79 Å². The predicted octanol–water partition coefficient (Wildman–Crippen LogP) is 0.379. The molecule has 0 radical (unpaired) electrons. The summed E-state index contributed by atoms with van der Waals surface area (Å²) in [6.45, 7) is 4.20. The summed E-state index contributed by atoms with van der Waals surface area (Å²) < 4.78 is 1.97. The van der Waals surface area contributed by atoms with Gasteiger partial charge < -0.3 is 10.3 Å². The van der Waals surface area contributed by atoms with Gasteiger partial charge in [0.2, 0.25) is 5.91 Å². The van der Waals surface area contributed by atoms with Crippen LogP contribution in [0, 0.1) is 0 Å². The number of rotatable bonds is 4. The van der Waals surface area contributed by atoms with Crippen LogP contribution in [-0.4, -0.2) is 16.0 Å². The van der Waals surface area contributed by atoms with Crippen LogP contribution in [0.3, 0.4) is 0 Å². The Morgan fingerprint density at radius 1 is 1.64 bits per heavy atom. The molecular formula is C10H17N3O. The van der Waals surface area contributed by atoms with Crippen LogP contribution >= 0.6 is 0 Å². The number of carbonyl (C=O) groups is 1. The summed E-state index contributed by atoms with van der Waals surface area (Å²) in [6.07, 6.45) is 3.97. The zero-order chi connectivity index (χ0) is 10.8. The Morgan fingerprint density at radius 3 is 2.71 bits per heavy atom. The molecule has 4 nitrogen and oxygen atoms in total. The molecule has 0 spiro atoms. The van der Waals surface area contributed by atoms with Gasteiger partial charge in [-0.25, -0.2) is 0 Å². The lowest BCUT2D eigenvalue weighted by Gasteiger charge is -2.21. The summed E-state index contributed by atoms with van der Waals surface area (Å²) in [5.41, 5.74) is 5.72. The number of amides is 1. The van der Waals surface area contributed by atoms with Crippen LogP contribution in [0.25, 0.3) is 0 Å². The maximum atomic E-state index is 11.0. The Morgan fingerprint density at radius 2 is 2.29 bits per heavy atom. The third-order valence-corrected chi connectivity index (χ3v) is 2.24. The number of carbonyl (C=O) groups excluding carboxylic acids is 1. The van der Waals surface area contributed by atoms with Crippen LogP contribution in [0.15, 0.2) is 18.5 Å². The highest BCUT2D eigenvalue weighted by atomic mass is 16.1. The fraction of sp³-hybridized carbons (Fsp3) is 0.500. The minimum Gasteiger partial charge on any atom is -0.368 e. The standard InChI is InChI=1S/C10H17N3O/c1-10(2,9(11)14)12-6-8-4-5-13(3)7-8/h4-5,7,12H,6H2,1-3H3,(H2,11,14). The Balaban J connectivity index is 2.52. The molecule has 14 heavy (non-hydrogen) atoms. The van der Waals surface area contributed by atoms with Gasteiger partial charge in [0.1, 0.15) is 0 Å². The number of hydrogen-bond donors (Lipinski definition) is 2. The van der Waals surface area contributed by atoms with Crippen molar-refractivity contribution in [3.8, 4) is 0 Å². The van der Waals surface area contributed by atoms with Crippen LogP contribution in [0.2, 0.25) is 0 Å². The van der Waals surface area contributed by atoms with Gasteiger partial charge in [-0.2, -0.15) is 0 Å². The van der Waals surface area contributed by atoms with Crippen molar-refractivity contribution in [2.24, 2.45) is 12.8 Å². The molecule has 4 heteroatoms. The van der Waals surface area contributed by atoms with E-state index in [2.05, 4.69) is 5.32 Å². The SMILES string of the molecule is Cn1ccc(CNC(C)(C)C(N)=O)c1. The summed E-state index contributed by atoms with van der Waals surface area (Å²) in [7, 11) is 1.96. The van der Waals surface area contributed by atoms with Gasteiger partial charge in [0.15, 0.2) is 0 Å². The van der Waals surface area contributed by atoms with Crippen molar-refractivity contribution in [3.63, 3.8) is 0 Å². The van der Waals surface area contributed by atoms with Gasteiger partial charge in [-0.3, -0.25) is 10.1 Å². The normalized spacial score (nSPS) is 11.6. The molecule has 0 saturated carbocycles. The molecule has 0 aliphatic rings. The molecule has 1 heterocycles. The molecule has 0 aliphatic heterocycles. The number of aromatic nitrogens is 1. The number of hydrogen-bond acceptors (Lipinski definition) is 2. The number of nitrogens with two attached hydrogens (primary N) is 1. The molecule has 78 valence electrons. The molecule has 0 atom stereocenters. The Kier molecular flexibility index (Phi) is 2.96. The van der Waals surface area contributed by atoms with Crippen LogP contribution in [0.5, 0.6) is 0 Å². The Labute approximate surface area is 84.1 Å². The van der Waals surface area contributed by atoms with Gasteiger partial charge in [0, 0.05) is 26.0 Å². The number of nitrogens with one attached hydrogen (secondary N) is 1. The summed E-state index contributed by atoms with van der Waals surface area (Å²) in [5.74, 6) is -0.339. The molecule has 0 unspecified atom stereocenters. The molecule has 1 amide bonds. The fourth-order valence-electron chi connectivity index (χ4n) is 1.08. The van der Waals surface area contributed by atoms with Crippen LogP contribution in [0.1, 0.15) is 19.4 Å². The highest BCUT2D eigenvalue weighted by molar-refractivity contribution is 5.83. The molecule has 0 aliphatic carbocycles. The minimum atomic E-state index is -0.657. The van der Waals surface area contributed by atoms with E-state index in [9.17, 15) is 4.79 Å². The molecule has 1 rings (SSSR count). The van der Waals surface area contributed by atoms with Crippen molar-refractivity contribution in [1.29, 1.82) is 0 Å². The molecule has 0 fully saturated rings. The average Bonchev–Trinajstić information content (AvgIpc) is 2.48. The van der Waals surface area contributed by atoms with Crippen molar-refractivity contribution in [2.75, 3.05) is 0 Å². The second-order valence-electron chi connectivity index (χ2n) is 4.03. The van der Waals surface area contributed by atoms with Crippen molar-refractivity contribution in [3.05, 3.63) is 24.0 Å². The highest BCUT2D eigenvalue weighted by Crippen LogP contribution is 2.04. The summed E-state index contributed by atoms with van der Waals surface area (Å²) in [4.78, 5) is 11.0. The van der Waals surface area contributed by atoms with Gasteiger partial charge in [-0.1, -0.05) is 0 Å². The van der Waals surface area contributed by atoms with E-state index in [4.69, 9.17) is 5.73 Å². The summed E-state index contributed by atoms with van der Waals surface area (Å²) in [6, 6.07) is 2.00. The van der Waals surface area contributed by atoms with E-state index < -0.39 is 5.54 Å². The zero-order valence-electron chi connectivity index (χ0n) is 8.87. The number of aryl methyl sites for hydroxylation is 1. The van der Waals surface area contributed by atoms with Gasteiger partial charge in [-0.05, 0) is 25.5 Å². The van der Waals surface area contributed by atoms with E-state index in [1.54, 1.807) is 13.8 Å². The van der Waals surface area contributed by atoms with Crippen LogP contribution in [-0.2, 0) is 18.4 Å². The molecule has 0 bridgehead atoms. The van der Waals surface area contributed by atoms with E-state index in [0.29, 0.717) is 6.54 Å². The smallest absolute Gasteiger partial charge is 0.237 e. The summed E-state index contributed by atoms with van der Waals surface area (Å²) in [5, 5.41) is 3.10. The number of primary amides is 1. The van der Waals surface area contributed by atoms with Crippen LogP contribution in [0.4, 0.5) is 0 Å². The van der Waals surface area contributed by atoms with Crippen molar-refractivity contribution in [2.45, 2.75) is 25.9 Å². The molecular weight excluding hydrogens is 178 g/mol. The maximum Gasteiger partial charge on any atom is 0.237 e.